The number of benzene rings is 1. The molecular formula is C28H30F5N5O2. The minimum atomic E-state index is -4.73. The van der Waals surface area contributed by atoms with Crippen molar-refractivity contribution >= 4 is 16.7 Å². The number of H-pyrrole nitrogens is 1. The van der Waals surface area contributed by atoms with Crippen molar-refractivity contribution in [2.24, 2.45) is 0 Å². The van der Waals surface area contributed by atoms with Crippen molar-refractivity contribution < 1.29 is 28.1 Å². The number of nitrogens with one attached hydrogen (secondary N) is 2. The number of aromatic nitrogens is 3. The van der Waals surface area contributed by atoms with E-state index in [9.17, 15) is 26.7 Å². The molecule has 0 aliphatic carbocycles. The van der Waals surface area contributed by atoms with Crippen molar-refractivity contribution in [2.45, 2.75) is 32.9 Å². The molecule has 0 radical (unpaired) electrons. The van der Waals surface area contributed by atoms with Gasteiger partial charge in [0.1, 0.15) is 11.6 Å². The van der Waals surface area contributed by atoms with Crippen LogP contribution in [0.5, 0.6) is 11.6 Å². The summed E-state index contributed by atoms with van der Waals surface area (Å²) in [6.45, 7) is 4.00. The van der Waals surface area contributed by atoms with Crippen LogP contribution in [0.25, 0.3) is 22.2 Å². The van der Waals surface area contributed by atoms with Crippen LogP contribution in [0.3, 0.4) is 0 Å². The number of halogens is 5. The number of alkyl halides is 3. The van der Waals surface area contributed by atoms with E-state index < -0.39 is 28.8 Å². The Bertz CT molecular complexity index is 1600. The predicted molar refractivity (Wildman–Crippen MR) is 145 cm³/mol. The van der Waals surface area contributed by atoms with E-state index in [0.717, 1.165) is 38.1 Å². The number of ether oxygens (including phenoxy) is 1. The Morgan fingerprint density at radius 2 is 1.73 bits per heavy atom. The summed E-state index contributed by atoms with van der Waals surface area (Å²) < 4.78 is 74.7. The van der Waals surface area contributed by atoms with Crippen molar-refractivity contribution in [3.05, 3.63) is 75.2 Å². The van der Waals surface area contributed by atoms with Gasteiger partial charge in [-0.25, -0.2) is 18.7 Å². The van der Waals surface area contributed by atoms with E-state index in [4.69, 9.17) is 4.74 Å². The van der Waals surface area contributed by atoms with Crippen LogP contribution in [0, 0.1) is 25.5 Å². The second kappa shape index (κ2) is 11.6. The van der Waals surface area contributed by atoms with Gasteiger partial charge in [0.2, 0.25) is 5.88 Å². The number of fused-ring (bicyclic) bond motifs is 1. The van der Waals surface area contributed by atoms with E-state index >= 15 is 0 Å². The highest BCUT2D eigenvalue weighted by Gasteiger charge is 2.35. The smallest absolute Gasteiger partial charge is 0.418 e. The summed E-state index contributed by atoms with van der Waals surface area (Å²) in [5.41, 5.74) is -1.61. The van der Waals surface area contributed by atoms with E-state index in [1.807, 2.05) is 19.0 Å². The third kappa shape index (κ3) is 5.62. The first-order valence-corrected chi connectivity index (χ1v) is 12.5. The summed E-state index contributed by atoms with van der Waals surface area (Å²) in [6.07, 6.45) is -0.667. The lowest BCUT2D eigenvalue weighted by Gasteiger charge is -2.20. The van der Waals surface area contributed by atoms with Crippen LogP contribution in [0.2, 0.25) is 0 Å². The fourth-order valence-electron chi connectivity index (χ4n) is 4.59. The van der Waals surface area contributed by atoms with Gasteiger partial charge in [-0.3, -0.25) is 4.79 Å². The van der Waals surface area contributed by atoms with Crippen LogP contribution in [0.1, 0.15) is 31.0 Å². The van der Waals surface area contributed by atoms with Gasteiger partial charge in [0.15, 0.2) is 17.1 Å². The normalized spacial score (nSPS) is 13.4. The fraction of sp³-hybridized carbons (Fsp3) is 0.321. The Morgan fingerprint density at radius 1 is 1.05 bits per heavy atom. The van der Waals surface area contributed by atoms with Gasteiger partial charge in [-0.1, -0.05) is 0 Å². The summed E-state index contributed by atoms with van der Waals surface area (Å²) in [5, 5.41) is 3.07. The number of pyridine rings is 3. The van der Waals surface area contributed by atoms with Crippen LogP contribution in [-0.4, -0.2) is 42.1 Å². The second-order valence-electron chi connectivity index (χ2n) is 9.36. The van der Waals surface area contributed by atoms with Crippen LogP contribution in [0.15, 0.2) is 41.5 Å². The lowest BCUT2D eigenvalue weighted by atomic mass is 10.0. The molecule has 0 bridgehead atoms. The molecule has 4 heterocycles. The maximum absolute atomic E-state index is 14.1. The maximum Gasteiger partial charge on any atom is 0.418 e. The molecule has 3 aromatic heterocycles. The number of nitrogens with zero attached hydrogens (tertiary/aromatic N) is 3. The van der Waals surface area contributed by atoms with Crippen molar-refractivity contribution in [1.82, 2.24) is 20.3 Å². The molecule has 1 fully saturated rings. The Labute approximate surface area is 228 Å². The summed E-state index contributed by atoms with van der Waals surface area (Å²) in [7, 11) is 3.75. The first-order chi connectivity index (χ1) is 19.0. The highest BCUT2D eigenvalue weighted by Crippen LogP contribution is 2.41. The minimum absolute atomic E-state index is 0. The van der Waals surface area contributed by atoms with Gasteiger partial charge in [-0.2, -0.15) is 13.2 Å². The predicted octanol–water partition coefficient (Wildman–Crippen LogP) is 6.37. The van der Waals surface area contributed by atoms with Gasteiger partial charge in [-0.15, -0.1) is 0 Å². The van der Waals surface area contributed by atoms with E-state index in [-0.39, 0.29) is 35.4 Å². The lowest BCUT2D eigenvalue weighted by molar-refractivity contribution is -0.138. The van der Waals surface area contributed by atoms with Crippen molar-refractivity contribution in [2.75, 3.05) is 32.1 Å². The van der Waals surface area contributed by atoms with E-state index in [1.54, 1.807) is 6.07 Å². The van der Waals surface area contributed by atoms with Crippen LogP contribution < -0.4 is 20.4 Å². The lowest BCUT2D eigenvalue weighted by Crippen LogP contribution is -2.21. The number of anilines is 1. The molecule has 0 amide bonds. The molecule has 214 valence electrons. The Morgan fingerprint density at radius 3 is 2.38 bits per heavy atom. The van der Waals surface area contributed by atoms with Crippen LogP contribution in [-0.2, 0) is 6.18 Å². The zero-order chi connectivity index (χ0) is 29.2. The number of hydrogen-bond donors (Lipinski definition) is 2. The SMILES string of the molecule is CNC.Cc1c(Oc2ncc(C(F)(F)F)c(C)c2-c2cc(=O)c3c(N4CCCC4)nccc3[nH]2)ccc(F)c1F.[HH]. The summed E-state index contributed by atoms with van der Waals surface area (Å²) in [4.78, 5) is 26.6. The van der Waals surface area contributed by atoms with Crippen molar-refractivity contribution in [1.29, 1.82) is 0 Å². The molecule has 1 saturated heterocycles. The average molecular weight is 564 g/mol. The Kier molecular flexibility index (Phi) is 8.38. The standard InChI is InChI=1S/C26H21F5N4O2.C2H7N.H2/c1-13-15(26(29,30)31)12-33-25(37-20-6-5-16(27)23(28)14(20)2)21(13)18-11-19(36)22-17(34-18)7-8-32-24(22)35-9-3-4-10-35;1-3-2;/h5-8,11-12H,3-4,9-10H2,1-2H3,(H,34,36);3H,1-2H3;1H. The van der Waals surface area contributed by atoms with Crippen LogP contribution >= 0.6 is 0 Å². The summed E-state index contributed by atoms with van der Waals surface area (Å²) in [5.74, 6) is -2.17. The molecule has 0 spiro atoms. The number of rotatable bonds is 4. The molecule has 5 rings (SSSR count). The van der Waals surface area contributed by atoms with Crippen molar-refractivity contribution in [3.8, 4) is 22.9 Å². The Hall–Kier alpha value is -4.06. The molecule has 0 unspecified atom stereocenters. The maximum atomic E-state index is 14.1. The van der Waals surface area contributed by atoms with E-state index in [2.05, 4.69) is 20.3 Å². The van der Waals surface area contributed by atoms with Gasteiger partial charge in [0.05, 0.1) is 27.7 Å². The fourth-order valence-corrected chi connectivity index (χ4v) is 4.59. The molecule has 0 saturated carbocycles. The van der Waals surface area contributed by atoms with Crippen LogP contribution in [0.4, 0.5) is 27.8 Å². The topological polar surface area (TPSA) is 83.1 Å². The zero-order valence-electron chi connectivity index (χ0n) is 22.3. The largest absolute Gasteiger partial charge is 0.438 e. The minimum Gasteiger partial charge on any atom is -0.438 e. The zero-order valence-corrected chi connectivity index (χ0v) is 22.3. The quantitative estimate of drug-likeness (QED) is 0.281. The second-order valence-corrected chi connectivity index (χ2v) is 9.36. The van der Waals surface area contributed by atoms with E-state index in [1.165, 1.54) is 26.1 Å². The van der Waals surface area contributed by atoms with Crippen molar-refractivity contribution in [3.63, 3.8) is 0 Å². The molecule has 1 aliphatic rings. The highest BCUT2D eigenvalue weighted by molar-refractivity contribution is 5.91. The van der Waals surface area contributed by atoms with Gasteiger partial charge in [0, 0.05) is 38.5 Å². The van der Waals surface area contributed by atoms with Gasteiger partial charge >= 0.3 is 6.18 Å². The highest BCUT2D eigenvalue weighted by atomic mass is 19.4. The Balaban J connectivity index is 0.00000111. The molecule has 1 aliphatic heterocycles. The first-order valence-electron chi connectivity index (χ1n) is 12.5. The van der Waals surface area contributed by atoms with Gasteiger partial charge in [0.25, 0.3) is 0 Å². The molecule has 7 nitrogen and oxygen atoms in total. The number of aromatic amines is 1. The monoisotopic (exact) mass is 563 g/mol. The summed E-state index contributed by atoms with van der Waals surface area (Å²) >= 11 is 0. The molecular weight excluding hydrogens is 533 g/mol. The van der Waals surface area contributed by atoms with E-state index in [0.29, 0.717) is 22.9 Å². The third-order valence-electron chi connectivity index (χ3n) is 6.50. The molecule has 0 atom stereocenters. The average Bonchev–Trinajstić information content (AvgIpc) is 3.43. The van der Waals surface area contributed by atoms with Gasteiger partial charge in [-0.05, 0) is 64.5 Å². The first kappa shape index (κ1) is 28.9. The van der Waals surface area contributed by atoms with Gasteiger partial charge < -0.3 is 19.9 Å². The molecule has 2 N–H and O–H groups in total. The molecule has 40 heavy (non-hydrogen) atoms. The molecule has 1 aromatic carbocycles. The third-order valence-corrected chi connectivity index (χ3v) is 6.50. The number of hydrogen-bond acceptors (Lipinski definition) is 6. The summed E-state index contributed by atoms with van der Waals surface area (Å²) in [6, 6.07) is 4.75. The molecule has 4 aromatic rings. The molecule has 12 heteroatoms.